The molecule has 2 aromatic rings. The summed E-state index contributed by atoms with van der Waals surface area (Å²) in [5.41, 5.74) is 2.85. The topological polar surface area (TPSA) is 44.4 Å². The van der Waals surface area contributed by atoms with Crippen LogP contribution in [0.1, 0.15) is 18.5 Å². The van der Waals surface area contributed by atoms with Crippen LogP contribution in [0.3, 0.4) is 0 Å². The second kappa shape index (κ2) is 8.56. The number of methoxy groups -OCH3 is 1. The van der Waals surface area contributed by atoms with Crippen LogP contribution in [0.4, 0.5) is 4.39 Å². The Bertz CT molecular complexity index is 650. The normalized spacial score (nSPS) is 16.6. The first-order valence-corrected chi connectivity index (χ1v) is 8.87. The molecule has 2 heterocycles. The zero-order chi connectivity index (χ0) is 17.6. The molecule has 0 spiro atoms. The van der Waals surface area contributed by atoms with E-state index in [4.69, 9.17) is 4.74 Å². The molecule has 0 bridgehead atoms. The molecule has 6 heteroatoms. The maximum Gasteiger partial charge on any atom is 0.123 e. The van der Waals surface area contributed by atoms with Crippen molar-refractivity contribution in [3.63, 3.8) is 0 Å². The quantitative estimate of drug-likeness (QED) is 0.837. The highest BCUT2D eigenvalue weighted by molar-refractivity contribution is 5.58. The van der Waals surface area contributed by atoms with Crippen LogP contribution in [0, 0.1) is 5.82 Å². The van der Waals surface area contributed by atoms with Crippen LogP contribution in [0.2, 0.25) is 0 Å². The molecule has 1 aliphatic heterocycles. The van der Waals surface area contributed by atoms with E-state index in [-0.39, 0.29) is 5.82 Å². The first kappa shape index (κ1) is 18.0. The Morgan fingerprint density at radius 1 is 1.28 bits per heavy atom. The predicted octanol–water partition coefficient (Wildman–Crippen LogP) is 2.76. The van der Waals surface area contributed by atoms with Gasteiger partial charge in [0.2, 0.25) is 0 Å². The van der Waals surface area contributed by atoms with Gasteiger partial charge in [0.25, 0.3) is 0 Å². The van der Waals surface area contributed by atoms with Gasteiger partial charge in [-0.1, -0.05) is 0 Å². The van der Waals surface area contributed by atoms with Crippen LogP contribution in [0.15, 0.2) is 30.3 Å². The summed E-state index contributed by atoms with van der Waals surface area (Å²) in [4.78, 5) is 4.87. The number of ether oxygens (including phenoxy) is 1. The maximum absolute atomic E-state index is 13.1. The van der Waals surface area contributed by atoms with E-state index in [2.05, 4.69) is 33.1 Å². The molecule has 0 saturated carbocycles. The second-order valence-corrected chi connectivity index (χ2v) is 6.78. The second-order valence-electron chi connectivity index (χ2n) is 6.78. The number of hydrogen-bond donors (Lipinski definition) is 1. The molecule has 1 fully saturated rings. The minimum absolute atomic E-state index is 0.229. The fourth-order valence-electron chi connectivity index (χ4n) is 3.39. The fourth-order valence-corrected chi connectivity index (χ4v) is 3.39. The van der Waals surface area contributed by atoms with Gasteiger partial charge in [0.15, 0.2) is 0 Å². The fraction of sp³-hybridized carbons (Fsp3) is 0.526. The van der Waals surface area contributed by atoms with E-state index in [0.29, 0.717) is 6.04 Å². The number of nitrogens with zero attached hydrogens (tertiary/aromatic N) is 3. The summed E-state index contributed by atoms with van der Waals surface area (Å²) < 4.78 is 18.4. The molecule has 0 radical (unpaired) electrons. The van der Waals surface area contributed by atoms with Gasteiger partial charge < -0.3 is 9.64 Å². The van der Waals surface area contributed by atoms with Gasteiger partial charge in [0.1, 0.15) is 5.82 Å². The summed E-state index contributed by atoms with van der Waals surface area (Å²) in [5.74, 6) is -0.229. The first-order valence-electron chi connectivity index (χ1n) is 8.87. The van der Waals surface area contributed by atoms with Crippen molar-refractivity contribution in [2.45, 2.75) is 25.4 Å². The lowest BCUT2D eigenvalue weighted by Crippen LogP contribution is -2.44. The molecule has 0 aliphatic carbocycles. The molecular weight excluding hydrogens is 319 g/mol. The van der Waals surface area contributed by atoms with Gasteiger partial charge in [-0.2, -0.15) is 5.10 Å². The Labute approximate surface area is 148 Å². The molecular formula is C19H27FN4O. The average molecular weight is 346 g/mol. The summed E-state index contributed by atoms with van der Waals surface area (Å²) in [5, 5.41) is 7.53. The van der Waals surface area contributed by atoms with Gasteiger partial charge in [-0.25, -0.2) is 4.39 Å². The molecule has 1 N–H and O–H groups in total. The van der Waals surface area contributed by atoms with Crippen LogP contribution in [-0.4, -0.2) is 66.4 Å². The van der Waals surface area contributed by atoms with Gasteiger partial charge in [-0.05, 0) is 63.3 Å². The highest BCUT2D eigenvalue weighted by Gasteiger charge is 2.23. The Kier molecular flexibility index (Phi) is 6.18. The van der Waals surface area contributed by atoms with Crippen LogP contribution < -0.4 is 0 Å². The first-order chi connectivity index (χ1) is 12.2. The van der Waals surface area contributed by atoms with E-state index in [1.165, 1.54) is 25.0 Å². The lowest BCUT2D eigenvalue weighted by Gasteiger charge is -2.37. The molecule has 1 aliphatic rings. The van der Waals surface area contributed by atoms with Gasteiger partial charge in [-0.15, -0.1) is 0 Å². The highest BCUT2D eigenvalue weighted by Crippen LogP contribution is 2.21. The number of likely N-dealkylation sites (tertiary alicyclic amines) is 1. The van der Waals surface area contributed by atoms with E-state index in [9.17, 15) is 4.39 Å². The summed E-state index contributed by atoms with van der Waals surface area (Å²) in [6, 6.07) is 9.08. The molecule has 1 aromatic heterocycles. The van der Waals surface area contributed by atoms with Crippen LogP contribution in [-0.2, 0) is 11.3 Å². The molecule has 25 heavy (non-hydrogen) atoms. The van der Waals surface area contributed by atoms with Crippen molar-refractivity contribution in [1.82, 2.24) is 20.0 Å². The zero-order valence-electron chi connectivity index (χ0n) is 15.0. The summed E-state index contributed by atoms with van der Waals surface area (Å²) in [6.45, 7) is 4.74. The average Bonchev–Trinajstić information content (AvgIpc) is 3.08. The third kappa shape index (κ3) is 4.87. The monoisotopic (exact) mass is 346 g/mol. The minimum Gasteiger partial charge on any atom is -0.383 e. The number of aromatic nitrogens is 2. The van der Waals surface area contributed by atoms with Crippen molar-refractivity contribution < 1.29 is 9.13 Å². The zero-order valence-corrected chi connectivity index (χ0v) is 15.0. The van der Waals surface area contributed by atoms with Crippen molar-refractivity contribution >= 4 is 0 Å². The maximum atomic E-state index is 13.1. The third-order valence-electron chi connectivity index (χ3n) is 4.93. The standard InChI is InChI=1S/C19H27FN4O/c1-23-9-7-18(8-10-23)24(11-12-25-2)14-17-13-19(22-21-17)15-3-5-16(20)6-4-15/h3-6,13,18H,7-12,14H2,1-2H3,(H,21,22). The molecule has 0 amide bonds. The van der Waals surface area contributed by atoms with E-state index < -0.39 is 0 Å². The summed E-state index contributed by atoms with van der Waals surface area (Å²) in [7, 11) is 3.93. The van der Waals surface area contributed by atoms with Crippen molar-refractivity contribution in [3.8, 4) is 11.3 Å². The van der Waals surface area contributed by atoms with Gasteiger partial charge in [0.05, 0.1) is 12.3 Å². The number of hydrogen-bond acceptors (Lipinski definition) is 4. The van der Waals surface area contributed by atoms with Gasteiger partial charge >= 0.3 is 0 Å². The lowest BCUT2D eigenvalue weighted by atomic mass is 10.0. The van der Waals surface area contributed by atoms with Gasteiger partial charge in [-0.3, -0.25) is 10.00 Å². The summed E-state index contributed by atoms with van der Waals surface area (Å²) in [6.07, 6.45) is 2.36. The molecule has 3 rings (SSSR count). The smallest absolute Gasteiger partial charge is 0.123 e. The number of rotatable bonds is 7. The number of aromatic amines is 1. The molecule has 0 atom stereocenters. The third-order valence-corrected chi connectivity index (χ3v) is 4.93. The number of halogens is 1. The van der Waals surface area contributed by atoms with Crippen LogP contribution in [0.25, 0.3) is 11.3 Å². The Morgan fingerprint density at radius 3 is 2.68 bits per heavy atom. The highest BCUT2D eigenvalue weighted by atomic mass is 19.1. The number of piperidine rings is 1. The van der Waals surface area contributed by atoms with E-state index >= 15 is 0 Å². The largest absolute Gasteiger partial charge is 0.383 e. The molecule has 5 nitrogen and oxygen atoms in total. The van der Waals surface area contributed by atoms with Crippen LogP contribution in [0.5, 0.6) is 0 Å². The minimum atomic E-state index is -0.229. The predicted molar refractivity (Wildman–Crippen MR) is 96.8 cm³/mol. The molecule has 1 aromatic carbocycles. The lowest BCUT2D eigenvalue weighted by molar-refractivity contribution is 0.0793. The summed E-state index contributed by atoms with van der Waals surface area (Å²) >= 11 is 0. The van der Waals surface area contributed by atoms with E-state index in [0.717, 1.165) is 49.7 Å². The van der Waals surface area contributed by atoms with Crippen molar-refractivity contribution in [2.24, 2.45) is 0 Å². The molecule has 1 saturated heterocycles. The molecule has 136 valence electrons. The van der Waals surface area contributed by atoms with Gasteiger partial charge in [0, 0.05) is 37.5 Å². The van der Waals surface area contributed by atoms with E-state index in [1.54, 1.807) is 19.2 Å². The van der Waals surface area contributed by atoms with Crippen molar-refractivity contribution in [3.05, 3.63) is 41.8 Å². The van der Waals surface area contributed by atoms with Crippen molar-refractivity contribution in [2.75, 3.05) is 40.4 Å². The Balaban J connectivity index is 1.68. The Morgan fingerprint density at radius 2 is 2.00 bits per heavy atom. The number of benzene rings is 1. The van der Waals surface area contributed by atoms with Crippen molar-refractivity contribution in [1.29, 1.82) is 0 Å². The SMILES string of the molecule is COCCN(Cc1cc(-c2ccc(F)cc2)n[nH]1)C1CCN(C)CC1. The van der Waals surface area contributed by atoms with E-state index in [1.807, 2.05) is 0 Å². The Hall–Kier alpha value is -1.76. The van der Waals surface area contributed by atoms with Crippen LogP contribution >= 0.6 is 0 Å². The number of nitrogens with one attached hydrogen (secondary N) is 1. The number of H-pyrrole nitrogens is 1. The molecule has 0 unspecified atom stereocenters.